The number of aliphatic hydroxyl groups is 1. The fraction of sp³-hybridized carbons (Fsp3) is 0.682. The molecule has 3 rings (SSSR count). The first-order valence-electron chi connectivity index (χ1n) is 10.3. The largest absolute Gasteiger partial charge is 0.461 e. The van der Waals surface area contributed by atoms with E-state index in [4.69, 9.17) is 9.47 Å². The summed E-state index contributed by atoms with van der Waals surface area (Å²) < 4.78 is 10.1. The van der Waals surface area contributed by atoms with E-state index in [-0.39, 0.29) is 18.1 Å². The van der Waals surface area contributed by atoms with Gasteiger partial charge in [0.25, 0.3) is 0 Å². The van der Waals surface area contributed by atoms with Crippen molar-refractivity contribution in [1.82, 2.24) is 10.6 Å². The van der Waals surface area contributed by atoms with Crippen molar-refractivity contribution >= 4 is 5.97 Å². The van der Waals surface area contributed by atoms with Gasteiger partial charge in [-0.3, -0.25) is 0 Å². The fourth-order valence-electron chi connectivity index (χ4n) is 4.49. The maximum Gasteiger partial charge on any atom is 0.354 e. The number of carbonyl (C=O) groups is 1. The van der Waals surface area contributed by atoms with Crippen LogP contribution in [0.4, 0.5) is 0 Å². The van der Waals surface area contributed by atoms with Gasteiger partial charge in [0.05, 0.1) is 18.7 Å². The van der Waals surface area contributed by atoms with Gasteiger partial charge in [-0.1, -0.05) is 38.5 Å². The molecule has 6 heteroatoms. The van der Waals surface area contributed by atoms with Gasteiger partial charge < -0.3 is 25.2 Å². The lowest BCUT2D eigenvalue weighted by Crippen LogP contribution is -2.53. The molecule has 2 heterocycles. The number of methoxy groups -OCH3 is 1. The Bertz CT molecular complexity index is 689. The third-order valence-electron chi connectivity index (χ3n) is 6.19. The molecule has 0 spiro atoms. The zero-order valence-electron chi connectivity index (χ0n) is 17.6. The van der Waals surface area contributed by atoms with Crippen molar-refractivity contribution < 1.29 is 19.4 Å². The van der Waals surface area contributed by atoms with Crippen molar-refractivity contribution in [3.8, 4) is 0 Å². The molecule has 1 aliphatic carbocycles. The first-order valence-corrected chi connectivity index (χ1v) is 10.3. The van der Waals surface area contributed by atoms with Crippen LogP contribution in [0.5, 0.6) is 0 Å². The highest BCUT2D eigenvalue weighted by Gasteiger charge is 2.43. The predicted octanol–water partition coefficient (Wildman–Crippen LogP) is 2.41. The smallest absolute Gasteiger partial charge is 0.354 e. The molecule has 5 atom stereocenters. The third-order valence-corrected chi connectivity index (χ3v) is 6.19. The van der Waals surface area contributed by atoms with Gasteiger partial charge in [-0.05, 0) is 43.6 Å². The molecule has 28 heavy (non-hydrogen) atoms. The SMILES string of the molecule is CCOC(=O)C1=C(/C=C/C(O)OC)C2NC3CCC(C(C)(C)C)CC3=CC2N1. The number of hydrogen-bond acceptors (Lipinski definition) is 6. The number of carbonyl (C=O) groups excluding carboxylic acids is 1. The third kappa shape index (κ3) is 4.34. The van der Waals surface area contributed by atoms with Crippen LogP contribution in [0.15, 0.2) is 35.1 Å². The number of aliphatic hydroxyl groups excluding tert-OH is 1. The maximum absolute atomic E-state index is 12.5. The number of ether oxygens (including phenoxy) is 2. The first kappa shape index (κ1) is 21.1. The highest BCUT2D eigenvalue weighted by atomic mass is 16.6. The maximum atomic E-state index is 12.5. The molecule has 0 saturated heterocycles. The quantitative estimate of drug-likeness (QED) is 0.380. The monoisotopic (exact) mass is 390 g/mol. The predicted molar refractivity (Wildman–Crippen MR) is 108 cm³/mol. The molecule has 5 unspecified atom stereocenters. The van der Waals surface area contributed by atoms with Gasteiger partial charge in [0.1, 0.15) is 5.70 Å². The average molecular weight is 391 g/mol. The highest BCUT2D eigenvalue weighted by Crippen LogP contribution is 2.42. The van der Waals surface area contributed by atoms with Gasteiger partial charge in [0.15, 0.2) is 6.29 Å². The summed E-state index contributed by atoms with van der Waals surface area (Å²) in [7, 11) is 1.44. The van der Waals surface area contributed by atoms with Crippen LogP contribution >= 0.6 is 0 Å². The number of rotatable bonds is 5. The number of fused-ring (bicyclic) bond motifs is 2. The minimum Gasteiger partial charge on any atom is -0.461 e. The summed E-state index contributed by atoms with van der Waals surface area (Å²) in [6.45, 7) is 9.06. The van der Waals surface area contributed by atoms with E-state index in [0.29, 0.717) is 29.7 Å². The fourth-order valence-corrected chi connectivity index (χ4v) is 4.49. The molecule has 0 bridgehead atoms. The van der Waals surface area contributed by atoms with Crippen molar-refractivity contribution in [3.63, 3.8) is 0 Å². The minimum atomic E-state index is -1.01. The summed E-state index contributed by atoms with van der Waals surface area (Å²) in [5.74, 6) is 0.308. The van der Waals surface area contributed by atoms with Crippen molar-refractivity contribution in [2.24, 2.45) is 11.3 Å². The molecule has 1 saturated carbocycles. The Kier molecular flexibility index (Phi) is 6.32. The lowest BCUT2D eigenvalue weighted by molar-refractivity contribution is -0.138. The number of nitrogens with one attached hydrogen (secondary N) is 2. The molecule has 2 aliphatic heterocycles. The average Bonchev–Trinajstić information content (AvgIpc) is 3.00. The summed E-state index contributed by atoms with van der Waals surface area (Å²) in [5.41, 5.74) is 3.01. The minimum absolute atomic E-state index is 0.00344. The summed E-state index contributed by atoms with van der Waals surface area (Å²) in [6.07, 6.45) is 8.01. The van der Waals surface area contributed by atoms with Crippen LogP contribution in [-0.2, 0) is 14.3 Å². The molecule has 156 valence electrons. The van der Waals surface area contributed by atoms with Crippen LogP contribution in [0, 0.1) is 11.3 Å². The van der Waals surface area contributed by atoms with Crippen LogP contribution < -0.4 is 10.6 Å². The Morgan fingerprint density at radius 2 is 2.14 bits per heavy atom. The van der Waals surface area contributed by atoms with Crippen molar-refractivity contribution in [3.05, 3.63) is 35.1 Å². The normalized spacial score (nSPS) is 31.1. The van der Waals surface area contributed by atoms with Crippen LogP contribution in [0.3, 0.4) is 0 Å². The molecular formula is C22H34N2O4. The van der Waals surface area contributed by atoms with Gasteiger partial charge in [0, 0.05) is 18.7 Å². The second-order valence-electron chi connectivity index (χ2n) is 8.99. The van der Waals surface area contributed by atoms with Crippen molar-refractivity contribution in [2.75, 3.05) is 13.7 Å². The second-order valence-corrected chi connectivity index (χ2v) is 8.99. The van der Waals surface area contributed by atoms with Gasteiger partial charge in [0.2, 0.25) is 0 Å². The van der Waals surface area contributed by atoms with E-state index in [1.54, 1.807) is 19.1 Å². The van der Waals surface area contributed by atoms with Crippen LogP contribution in [0.1, 0.15) is 47.0 Å². The standard InChI is InChI=1S/C22H34N2O4/c1-6-28-21(26)20-15(8-10-18(25)27-5)19-17(24-20)12-13-11-14(22(2,3)4)7-9-16(13)23-19/h8,10,12,14,16-19,23-25H,6-7,9,11H2,1-5H3/b10-8+. The Labute approximate surface area is 168 Å². The van der Waals surface area contributed by atoms with E-state index in [0.717, 1.165) is 18.4 Å². The molecular weight excluding hydrogens is 356 g/mol. The van der Waals surface area contributed by atoms with Gasteiger partial charge in [-0.25, -0.2) is 4.79 Å². The van der Waals surface area contributed by atoms with E-state index in [2.05, 4.69) is 37.5 Å². The molecule has 3 N–H and O–H groups in total. The molecule has 1 fully saturated rings. The molecule has 6 nitrogen and oxygen atoms in total. The Morgan fingerprint density at radius 3 is 2.79 bits per heavy atom. The summed E-state index contributed by atoms with van der Waals surface area (Å²) in [5, 5.41) is 16.8. The van der Waals surface area contributed by atoms with E-state index in [1.807, 2.05) is 0 Å². The molecule has 0 radical (unpaired) electrons. The summed E-state index contributed by atoms with van der Waals surface area (Å²) >= 11 is 0. The molecule has 0 amide bonds. The number of esters is 1. The highest BCUT2D eigenvalue weighted by molar-refractivity contribution is 5.90. The van der Waals surface area contributed by atoms with E-state index in [1.165, 1.54) is 19.1 Å². The topological polar surface area (TPSA) is 79.8 Å². The van der Waals surface area contributed by atoms with Gasteiger partial charge >= 0.3 is 5.97 Å². The summed E-state index contributed by atoms with van der Waals surface area (Å²) in [6, 6.07) is 0.308. The Hall–Kier alpha value is -1.63. The van der Waals surface area contributed by atoms with Gasteiger partial charge in [-0.15, -0.1) is 0 Å². The zero-order valence-corrected chi connectivity index (χ0v) is 17.6. The Balaban J connectivity index is 1.86. The number of hydrogen-bond donors (Lipinski definition) is 3. The zero-order chi connectivity index (χ0) is 20.5. The van der Waals surface area contributed by atoms with Crippen LogP contribution in [0.2, 0.25) is 0 Å². The molecule has 0 aromatic rings. The lowest BCUT2D eigenvalue weighted by atomic mass is 9.68. The van der Waals surface area contributed by atoms with Crippen molar-refractivity contribution in [1.29, 1.82) is 0 Å². The van der Waals surface area contributed by atoms with E-state index in [9.17, 15) is 9.90 Å². The summed E-state index contributed by atoms with van der Waals surface area (Å²) in [4.78, 5) is 12.5. The second kappa shape index (κ2) is 8.39. The molecule has 0 aromatic heterocycles. The molecule has 0 aromatic carbocycles. The van der Waals surface area contributed by atoms with E-state index < -0.39 is 6.29 Å². The molecule has 3 aliphatic rings. The van der Waals surface area contributed by atoms with E-state index >= 15 is 0 Å². The first-order chi connectivity index (χ1) is 13.2. The van der Waals surface area contributed by atoms with Crippen LogP contribution in [0.25, 0.3) is 0 Å². The lowest BCUT2D eigenvalue weighted by Gasteiger charge is -2.43. The van der Waals surface area contributed by atoms with Crippen LogP contribution in [-0.4, -0.2) is 49.2 Å². The van der Waals surface area contributed by atoms with Gasteiger partial charge in [-0.2, -0.15) is 0 Å². The Morgan fingerprint density at radius 1 is 1.39 bits per heavy atom. The van der Waals surface area contributed by atoms with Crippen molar-refractivity contribution in [2.45, 2.75) is 71.4 Å².